The van der Waals surface area contributed by atoms with E-state index >= 15 is 0 Å². The number of hydrogen-bond donors (Lipinski definition) is 3. The number of aromatic amines is 1. The topological polar surface area (TPSA) is 123 Å². The number of nitrogens with one attached hydrogen (secondary N) is 2. The van der Waals surface area contributed by atoms with E-state index in [1.54, 1.807) is 18.2 Å². The van der Waals surface area contributed by atoms with Crippen molar-refractivity contribution in [3.05, 3.63) is 35.0 Å². The minimum atomic E-state index is -0.519. The highest BCUT2D eigenvalue weighted by molar-refractivity contribution is 6.04. The molecule has 0 spiro atoms. The average molecular weight is 331 g/mol. The third kappa shape index (κ3) is 2.83. The molecule has 0 saturated heterocycles. The van der Waals surface area contributed by atoms with Gasteiger partial charge in [0.2, 0.25) is 0 Å². The normalized spacial score (nSPS) is 12.7. The van der Waals surface area contributed by atoms with Crippen LogP contribution in [0.4, 0.5) is 10.6 Å². The summed E-state index contributed by atoms with van der Waals surface area (Å²) in [5, 5.41) is 9.62. The van der Waals surface area contributed by atoms with Crippen LogP contribution >= 0.6 is 0 Å². The van der Waals surface area contributed by atoms with Crippen molar-refractivity contribution in [3.8, 4) is 11.5 Å². The Labute approximate surface area is 137 Å². The maximum atomic E-state index is 12.5. The van der Waals surface area contributed by atoms with Crippen LogP contribution in [0, 0.1) is 0 Å². The Balaban J connectivity index is 1.81. The summed E-state index contributed by atoms with van der Waals surface area (Å²) < 4.78 is 10.3. The van der Waals surface area contributed by atoms with Gasteiger partial charge in [-0.25, -0.2) is 4.79 Å². The molecule has 0 aliphatic carbocycles. The number of urea groups is 1. The number of amides is 3. The number of benzene rings is 1. The second-order valence-electron chi connectivity index (χ2n) is 5.28. The van der Waals surface area contributed by atoms with Crippen LogP contribution in [-0.4, -0.2) is 41.3 Å². The summed E-state index contributed by atoms with van der Waals surface area (Å²) in [5.74, 6) is 1.03. The molecule has 24 heavy (non-hydrogen) atoms. The minimum absolute atomic E-state index is 0.304. The van der Waals surface area contributed by atoms with Crippen LogP contribution in [0.2, 0.25) is 0 Å². The van der Waals surface area contributed by atoms with Gasteiger partial charge in [0.25, 0.3) is 5.91 Å². The Bertz CT molecular complexity index is 779. The minimum Gasteiger partial charge on any atom is -0.497 e. The van der Waals surface area contributed by atoms with E-state index in [9.17, 15) is 9.59 Å². The van der Waals surface area contributed by atoms with Crippen molar-refractivity contribution < 1.29 is 19.1 Å². The fourth-order valence-electron chi connectivity index (χ4n) is 2.52. The fraction of sp³-hybridized carbons (Fsp3) is 0.267. The maximum Gasteiger partial charge on any atom is 0.315 e. The lowest BCUT2D eigenvalue weighted by atomic mass is 10.2. The number of carbonyl (C=O) groups is 2. The molecule has 1 aliphatic heterocycles. The van der Waals surface area contributed by atoms with E-state index in [0.29, 0.717) is 36.0 Å². The van der Waals surface area contributed by atoms with Gasteiger partial charge in [0.15, 0.2) is 5.82 Å². The second-order valence-corrected chi connectivity index (χ2v) is 5.28. The van der Waals surface area contributed by atoms with Crippen LogP contribution in [0.1, 0.15) is 21.6 Å². The number of anilines is 1. The highest BCUT2D eigenvalue weighted by Crippen LogP contribution is 2.28. The van der Waals surface area contributed by atoms with E-state index in [4.69, 9.17) is 15.2 Å². The Kier molecular flexibility index (Phi) is 3.98. The monoisotopic (exact) mass is 331 g/mol. The van der Waals surface area contributed by atoms with E-state index in [1.165, 1.54) is 19.1 Å². The summed E-state index contributed by atoms with van der Waals surface area (Å²) >= 11 is 0. The average Bonchev–Trinajstić information content (AvgIpc) is 3.16. The lowest BCUT2D eigenvalue weighted by Crippen LogP contribution is -2.31. The maximum absolute atomic E-state index is 12.5. The first-order valence-electron chi connectivity index (χ1n) is 7.16. The highest BCUT2D eigenvalue weighted by atomic mass is 16.5. The number of ether oxygens (including phenoxy) is 2. The summed E-state index contributed by atoms with van der Waals surface area (Å²) in [6, 6.07) is 4.35. The molecule has 0 unspecified atom stereocenters. The molecule has 1 aromatic carbocycles. The molecule has 126 valence electrons. The van der Waals surface area contributed by atoms with E-state index in [0.717, 1.165) is 11.3 Å². The fourth-order valence-corrected chi connectivity index (χ4v) is 2.52. The second kappa shape index (κ2) is 6.11. The zero-order chi connectivity index (χ0) is 17.3. The highest BCUT2D eigenvalue weighted by Gasteiger charge is 2.27. The Morgan fingerprint density at radius 3 is 2.46 bits per heavy atom. The summed E-state index contributed by atoms with van der Waals surface area (Å²) in [7, 11) is 3.02. The number of rotatable bonds is 4. The number of carbonyl (C=O) groups excluding carboxylic acids is 2. The summed E-state index contributed by atoms with van der Waals surface area (Å²) in [5.41, 5.74) is 7.15. The van der Waals surface area contributed by atoms with Crippen molar-refractivity contribution in [2.24, 2.45) is 5.73 Å². The third-order valence-corrected chi connectivity index (χ3v) is 3.81. The van der Waals surface area contributed by atoms with Gasteiger partial charge in [-0.15, -0.1) is 0 Å². The van der Waals surface area contributed by atoms with Crippen molar-refractivity contribution in [2.45, 2.75) is 13.1 Å². The van der Waals surface area contributed by atoms with Gasteiger partial charge in [-0.1, -0.05) is 0 Å². The van der Waals surface area contributed by atoms with Gasteiger partial charge in [-0.2, -0.15) is 5.10 Å². The Morgan fingerprint density at radius 2 is 1.88 bits per heavy atom. The van der Waals surface area contributed by atoms with E-state index in [1.807, 2.05) is 0 Å². The van der Waals surface area contributed by atoms with Crippen LogP contribution in [0.25, 0.3) is 0 Å². The third-order valence-electron chi connectivity index (χ3n) is 3.81. The molecule has 0 fully saturated rings. The number of nitrogens with zero attached hydrogens (tertiary/aromatic N) is 2. The predicted molar refractivity (Wildman–Crippen MR) is 84.9 cm³/mol. The molecule has 0 bridgehead atoms. The first kappa shape index (κ1) is 15.7. The Hall–Kier alpha value is -3.23. The molecule has 3 rings (SSSR count). The van der Waals surface area contributed by atoms with Crippen LogP contribution in [0.5, 0.6) is 11.5 Å². The molecule has 1 aromatic heterocycles. The quantitative estimate of drug-likeness (QED) is 0.773. The van der Waals surface area contributed by atoms with Gasteiger partial charge in [-0.3, -0.25) is 9.89 Å². The smallest absolute Gasteiger partial charge is 0.315 e. The number of primary amides is 1. The molecule has 2 heterocycles. The lowest BCUT2D eigenvalue weighted by molar-refractivity contribution is 0.102. The molecular weight excluding hydrogens is 314 g/mol. The molecule has 4 N–H and O–H groups in total. The summed E-state index contributed by atoms with van der Waals surface area (Å²) in [4.78, 5) is 25.2. The molecule has 1 aliphatic rings. The van der Waals surface area contributed by atoms with E-state index in [2.05, 4.69) is 15.5 Å². The van der Waals surface area contributed by atoms with Crippen molar-refractivity contribution in [1.82, 2.24) is 15.1 Å². The van der Waals surface area contributed by atoms with Crippen LogP contribution in [0.3, 0.4) is 0 Å². The molecule has 9 nitrogen and oxygen atoms in total. The predicted octanol–water partition coefficient (Wildman–Crippen LogP) is 1.07. The van der Waals surface area contributed by atoms with E-state index in [-0.39, 0.29) is 5.91 Å². The number of fused-ring (bicyclic) bond motifs is 1. The molecule has 9 heteroatoms. The largest absolute Gasteiger partial charge is 0.497 e. The number of nitrogens with two attached hydrogens (primary N) is 1. The number of H-pyrrole nitrogens is 1. The lowest BCUT2D eigenvalue weighted by Gasteiger charge is -2.12. The number of aromatic nitrogens is 2. The summed E-state index contributed by atoms with van der Waals surface area (Å²) in [6.07, 6.45) is 0. The van der Waals surface area contributed by atoms with Gasteiger partial charge in [0.1, 0.15) is 11.5 Å². The van der Waals surface area contributed by atoms with Crippen molar-refractivity contribution in [1.29, 1.82) is 0 Å². The van der Waals surface area contributed by atoms with Crippen molar-refractivity contribution >= 4 is 17.8 Å². The standard InChI is InChI=1S/C15H17N5O4/c1-23-9-3-8(4-10(5-9)24-2)14(21)17-13-11-6-20(15(16)22)7-12(11)18-19-13/h3-5H,6-7H2,1-2H3,(H2,16,22)(H2,17,18,19,21). The first-order valence-corrected chi connectivity index (χ1v) is 7.16. The SMILES string of the molecule is COc1cc(OC)cc(C(=O)Nc2n[nH]c3c2CN(C(N)=O)C3)c1. The van der Waals surface area contributed by atoms with Gasteiger partial charge >= 0.3 is 6.03 Å². The van der Waals surface area contributed by atoms with E-state index < -0.39 is 6.03 Å². The van der Waals surface area contributed by atoms with Crippen molar-refractivity contribution in [3.63, 3.8) is 0 Å². The number of methoxy groups -OCH3 is 2. The van der Waals surface area contributed by atoms with Gasteiger partial charge in [0, 0.05) is 17.2 Å². The van der Waals surface area contributed by atoms with Gasteiger partial charge < -0.3 is 25.4 Å². The molecule has 0 saturated carbocycles. The molecule has 0 radical (unpaired) electrons. The molecule has 0 atom stereocenters. The van der Waals surface area contributed by atoms with Gasteiger partial charge in [0.05, 0.1) is 33.0 Å². The zero-order valence-electron chi connectivity index (χ0n) is 13.3. The van der Waals surface area contributed by atoms with Crippen molar-refractivity contribution in [2.75, 3.05) is 19.5 Å². The van der Waals surface area contributed by atoms with Crippen LogP contribution in [-0.2, 0) is 13.1 Å². The first-order chi connectivity index (χ1) is 11.5. The van der Waals surface area contributed by atoms with Gasteiger partial charge in [-0.05, 0) is 12.1 Å². The summed E-state index contributed by atoms with van der Waals surface area (Å²) in [6.45, 7) is 0.652. The van der Waals surface area contributed by atoms with Crippen LogP contribution < -0.4 is 20.5 Å². The number of hydrogen-bond acceptors (Lipinski definition) is 5. The molecule has 2 aromatic rings. The molecule has 3 amide bonds. The Morgan fingerprint density at radius 1 is 1.21 bits per heavy atom. The zero-order valence-corrected chi connectivity index (χ0v) is 13.3. The molecular formula is C15H17N5O4. The van der Waals surface area contributed by atoms with Crippen LogP contribution in [0.15, 0.2) is 18.2 Å².